The zero-order valence-corrected chi connectivity index (χ0v) is 14.4. The Hall–Kier alpha value is -3.07. The second-order valence-electron chi connectivity index (χ2n) is 5.56. The standard InChI is InChI=1S/C17H13ClF3N5O/c18-11-4-2-1-3-10(11)9-26-8-7-23-16(26)25-15(27)13-6-5-12(22)14(24-13)17(19,20)21/h1-8H,9,22H2,(H,23,25,27). The highest BCUT2D eigenvalue weighted by atomic mass is 35.5. The van der Waals surface area contributed by atoms with Crippen molar-refractivity contribution in [3.8, 4) is 0 Å². The molecule has 0 bridgehead atoms. The summed E-state index contributed by atoms with van der Waals surface area (Å²) in [6.07, 6.45) is -1.70. The number of nitrogens with one attached hydrogen (secondary N) is 1. The van der Waals surface area contributed by atoms with Crippen LogP contribution in [0.1, 0.15) is 21.7 Å². The van der Waals surface area contributed by atoms with Crippen LogP contribution in [0.3, 0.4) is 0 Å². The number of carbonyl (C=O) groups is 1. The fraction of sp³-hybridized carbons (Fsp3) is 0.118. The number of rotatable bonds is 4. The number of hydrogen-bond donors (Lipinski definition) is 2. The summed E-state index contributed by atoms with van der Waals surface area (Å²) < 4.78 is 40.3. The van der Waals surface area contributed by atoms with E-state index in [2.05, 4.69) is 15.3 Å². The van der Waals surface area contributed by atoms with Crippen molar-refractivity contribution in [2.75, 3.05) is 11.1 Å². The van der Waals surface area contributed by atoms with E-state index in [1.54, 1.807) is 22.9 Å². The van der Waals surface area contributed by atoms with Crippen molar-refractivity contribution in [3.63, 3.8) is 0 Å². The van der Waals surface area contributed by atoms with Crippen molar-refractivity contribution < 1.29 is 18.0 Å². The van der Waals surface area contributed by atoms with Gasteiger partial charge in [-0.25, -0.2) is 9.97 Å². The van der Waals surface area contributed by atoms with Gasteiger partial charge in [-0.15, -0.1) is 0 Å². The molecule has 3 aromatic rings. The molecule has 10 heteroatoms. The molecular weight excluding hydrogens is 383 g/mol. The van der Waals surface area contributed by atoms with Crippen LogP contribution < -0.4 is 11.1 Å². The van der Waals surface area contributed by atoms with Gasteiger partial charge in [0.15, 0.2) is 5.69 Å². The number of imidazole rings is 1. The SMILES string of the molecule is Nc1ccc(C(=O)Nc2nccn2Cc2ccccc2Cl)nc1C(F)(F)F. The van der Waals surface area contributed by atoms with Crippen LogP contribution >= 0.6 is 11.6 Å². The maximum Gasteiger partial charge on any atom is 0.435 e. The average molecular weight is 396 g/mol. The van der Waals surface area contributed by atoms with E-state index in [0.717, 1.165) is 17.7 Å². The number of nitrogen functional groups attached to an aromatic ring is 1. The lowest BCUT2D eigenvalue weighted by molar-refractivity contribution is -0.140. The molecule has 0 atom stereocenters. The molecule has 27 heavy (non-hydrogen) atoms. The van der Waals surface area contributed by atoms with Gasteiger partial charge in [0, 0.05) is 17.4 Å². The molecule has 2 aromatic heterocycles. The first-order valence-corrected chi connectivity index (χ1v) is 8.03. The van der Waals surface area contributed by atoms with Crippen molar-refractivity contribution in [3.05, 3.63) is 70.8 Å². The second kappa shape index (κ2) is 7.28. The molecular formula is C17H13ClF3N5O. The third-order valence-corrected chi connectivity index (χ3v) is 4.04. The van der Waals surface area contributed by atoms with Crippen LogP contribution in [0.5, 0.6) is 0 Å². The predicted molar refractivity (Wildman–Crippen MR) is 94.4 cm³/mol. The number of alkyl halides is 3. The summed E-state index contributed by atoms with van der Waals surface area (Å²) in [5.74, 6) is -0.695. The highest BCUT2D eigenvalue weighted by Gasteiger charge is 2.35. The lowest BCUT2D eigenvalue weighted by atomic mass is 10.2. The van der Waals surface area contributed by atoms with E-state index >= 15 is 0 Å². The topological polar surface area (TPSA) is 85.8 Å². The van der Waals surface area contributed by atoms with E-state index in [-0.39, 0.29) is 5.95 Å². The van der Waals surface area contributed by atoms with Crippen molar-refractivity contribution >= 4 is 29.1 Å². The molecule has 0 radical (unpaired) electrons. The Morgan fingerprint density at radius 2 is 1.96 bits per heavy atom. The molecule has 0 aliphatic rings. The molecule has 3 rings (SSSR count). The summed E-state index contributed by atoms with van der Waals surface area (Å²) in [7, 11) is 0. The van der Waals surface area contributed by atoms with Gasteiger partial charge >= 0.3 is 6.18 Å². The maximum absolute atomic E-state index is 12.9. The largest absolute Gasteiger partial charge is 0.435 e. The molecule has 0 saturated heterocycles. The minimum absolute atomic E-state index is 0.145. The lowest BCUT2D eigenvalue weighted by Gasteiger charge is -2.12. The van der Waals surface area contributed by atoms with Crippen LogP contribution in [-0.4, -0.2) is 20.4 Å². The third-order valence-electron chi connectivity index (χ3n) is 3.67. The monoisotopic (exact) mass is 395 g/mol. The Labute approximate surface area is 156 Å². The molecule has 1 aromatic carbocycles. The third kappa shape index (κ3) is 4.20. The van der Waals surface area contributed by atoms with E-state index in [0.29, 0.717) is 11.6 Å². The number of amides is 1. The summed E-state index contributed by atoms with van der Waals surface area (Å²) in [5, 5.41) is 2.98. The molecule has 6 nitrogen and oxygen atoms in total. The number of pyridine rings is 1. The van der Waals surface area contributed by atoms with Crippen molar-refractivity contribution in [1.82, 2.24) is 14.5 Å². The van der Waals surface area contributed by atoms with E-state index in [1.165, 1.54) is 6.20 Å². The number of nitrogens with two attached hydrogens (primary N) is 1. The van der Waals surface area contributed by atoms with Crippen molar-refractivity contribution in [1.29, 1.82) is 0 Å². The highest BCUT2D eigenvalue weighted by molar-refractivity contribution is 6.31. The van der Waals surface area contributed by atoms with Gasteiger partial charge < -0.3 is 10.3 Å². The van der Waals surface area contributed by atoms with Crippen LogP contribution in [-0.2, 0) is 12.7 Å². The highest BCUT2D eigenvalue weighted by Crippen LogP contribution is 2.31. The number of nitrogens with zero attached hydrogens (tertiary/aromatic N) is 3. The van der Waals surface area contributed by atoms with Gasteiger partial charge in [0.2, 0.25) is 5.95 Å². The van der Waals surface area contributed by atoms with Crippen LogP contribution in [0.25, 0.3) is 0 Å². The zero-order valence-electron chi connectivity index (χ0n) is 13.7. The maximum atomic E-state index is 12.9. The van der Waals surface area contributed by atoms with Gasteiger partial charge in [-0.2, -0.15) is 13.2 Å². The first-order chi connectivity index (χ1) is 12.8. The second-order valence-corrected chi connectivity index (χ2v) is 5.96. The van der Waals surface area contributed by atoms with Gasteiger partial charge in [-0.05, 0) is 23.8 Å². The molecule has 2 heterocycles. The molecule has 140 valence electrons. The molecule has 1 amide bonds. The molecule has 0 spiro atoms. The zero-order chi connectivity index (χ0) is 19.6. The van der Waals surface area contributed by atoms with E-state index in [4.69, 9.17) is 17.3 Å². The smallest absolute Gasteiger partial charge is 0.397 e. The summed E-state index contributed by atoms with van der Waals surface area (Å²) >= 11 is 6.12. The van der Waals surface area contributed by atoms with Gasteiger partial charge in [0.1, 0.15) is 5.69 Å². The normalized spacial score (nSPS) is 11.4. The number of aromatic nitrogens is 3. The van der Waals surface area contributed by atoms with Gasteiger partial charge in [-0.3, -0.25) is 10.1 Å². The Bertz CT molecular complexity index is 987. The number of hydrogen-bond acceptors (Lipinski definition) is 4. The minimum Gasteiger partial charge on any atom is -0.397 e. The van der Waals surface area contributed by atoms with Crippen LogP contribution in [0, 0.1) is 0 Å². The quantitative estimate of drug-likeness (QED) is 0.703. The molecule has 0 unspecified atom stereocenters. The predicted octanol–water partition coefficient (Wildman–Crippen LogP) is 3.83. The van der Waals surface area contributed by atoms with Crippen LogP contribution in [0.4, 0.5) is 24.8 Å². The fourth-order valence-corrected chi connectivity index (χ4v) is 2.56. The molecule has 3 N–H and O–H groups in total. The summed E-state index contributed by atoms with van der Waals surface area (Å²) in [4.78, 5) is 19.7. The summed E-state index contributed by atoms with van der Waals surface area (Å²) in [5.41, 5.74) is 3.79. The summed E-state index contributed by atoms with van der Waals surface area (Å²) in [6.45, 7) is 0.318. The van der Waals surface area contributed by atoms with Gasteiger partial charge in [0.05, 0.1) is 12.2 Å². The number of carbonyl (C=O) groups excluding carboxylic acids is 1. The first-order valence-electron chi connectivity index (χ1n) is 7.65. The Balaban J connectivity index is 1.82. The van der Waals surface area contributed by atoms with Gasteiger partial charge in [-0.1, -0.05) is 29.8 Å². The number of anilines is 2. The van der Waals surface area contributed by atoms with E-state index < -0.39 is 29.2 Å². The fourth-order valence-electron chi connectivity index (χ4n) is 2.36. The molecule has 0 saturated carbocycles. The first kappa shape index (κ1) is 18.7. The van der Waals surface area contributed by atoms with E-state index in [1.807, 2.05) is 12.1 Å². The minimum atomic E-state index is -4.76. The number of benzene rings is 1. The number of halogens is 4. The Morgan fingerprint density at radius 1 is 1.22 bits per heavy atom. The van der Waals surface area contributed by atoms with Crippen LogP contribution in [0.15, 0.2) is 48.8 Å². The molecule has 0 aliphatic heterocycles. The lowest BCUT2D eigenvalue weighted by Crippen LogP contribution is -2.20. The van der Waals surface area contributed by atoms with Crippen molar-refractivity contribution in [2.24, 2.45) is 0 Å². The summed E-state index contributed by atoms with van der Waals surface area (Å²) in [6, 6.07) is 9.23. The van der Waals surface area contributed by atoms with Crippen molar-refractivity contribution in [2.45, 2.75) is 12.7 Å². The molecule has 0 fully saturated rings. The van der Waals surface area contributed by atoms with E-state index in [9.17, 15) is 18.0 Å². The van der Waals surface area contributed by atoms with Gasteiger partial charge in [0.25, 0.3) is 5.91 Å². The average Bonchev–Trinajstić information content (AvgIpc) is 3.03. The molecule has 0 aliphatic carbocycles. The Kier molecular flexibility index (Phi) is 5.04. The Morgan fingerprint density at radius 3 is 2.67 bits per heavy atom. The van der Waals surface area contributed by atoms with Crippen LogP contribution in [0.2, 0.25) is 5.02 Å².